The Labute approximate surface area is 157 Å². The molecule has 1 amide bonds. The van der Waals surface area contributed by atoms with E-state index in [1.165, 1.54) is 11.8 Å². The Kier molecular flexibility index (Phi) is 6.04. The summed E-state index contributed by atoms with van der Waals surface area (Å²) in [4.78, 5) is 18.9. The Balaban J connectivity index is 1.64. The number of rotatable bonds is 8. The second kappa shape index (κ2) is 8.45. The number of carbonyl (C=O) groups is 1. The van der Waals surface area contributed by atoms with Crippen LogP contribution in [0.5, 0.6) is 0 Å². The number of hydrogen-bond donors (Lipinski definition) is 0. The maximum atomic E-state index is 12.6. The van der Waals surface area contributed by atoms with E-state index >= 15 is 0 Å². The first-order valence-corrected chi connectivity index (χ1v) is 9.97. The van der Waals surface area contributed by atoms with Crippen molar-refractivity contribution in [2.24, 2.45) is 0 Å². The smallest absolute Gasteiger partial charge is 0.289 e. The largest absolute Gasteiger partial charge is 0.455 e. The standard InChI is InChI=1S/C20H24N2O3S/c1-4-10-22(11-5-2)19(23)18-9-7-15(24-18)13-26-20-21-16-12-14(3)6-8-17(16)25-20/h6-9,12H,4-5,10-11,13H2,1-3H3. The van der Waals surface area contributed by atoms with Crippen LogP contribution in [-0.2, 0) is 5.75 Å². The van der Waals surface area contributed by atoms with Gasteiger partial charge in [-0.25, -0.2) is 4.98 Å². The van der Waals surface area contributed by atoms with E-state index in [4.69, 9.17) is 8.83 Å². The average Bonchev–Trinajstić information content (AvgIpc) is 3.25. The fourth-order valence-electron chi connectivity index (χ4n) is 2.79. The summed E-state index contributed by atoms with van der Waals surface area (Å²) in [5, 5.41) is 0.605. The van der Waals surface area contributed by atoms with Crippen molar-refractivity contribution in [2.75, 3.05) is 13.1 Å². The van der Waals surface area contributed by atoms with Gasteiger partial charge < -0.3 is 13.7 Å². The van der Waals surface area contributed by atoms with Crippen molar-refractivity contribution in [1.29, 1.82) is 0 Å². The molecule has 3 rings (SSSR count). The highest BCUT2D eigenvalue weighted by Gasteiger charge is 2.18. The van der Waals surface area contributed by atoms with Gasteiger partial charge in [0.2, 0.25) is 0 Å². The number of benzene rings is 1. The summed E-state index contributed by atoms with van der Waals surface area (Å²) in [6.45, 7) is 7.67. The van der Waals surface area contributed by atoms with Gasteiger partial charge in [0.05, 0.1) is 5.75 Å². The Morgan fingerprint density at radius 3 is 2.62 bits per heavy atom. The van der Waals surface area contributed by atoms with Gasteiger partial charge in [0.25, 0.3) is 11.1 Å². The van der Waals surface area contributed by atoms with E-state index < -0.39 is 0 Å². The molecule has 2 aromatic heterocycles. The van der Waals surface area contributed by atoms with Gasteiger partial charge >= 0.3 is 0 Å². The van der Waals surface area contributed by atoms with Gasteiger partial charge in [-0.15, -0.1) is 0 Å². The lowest BCUT2D eigenvalue weighted by Gasteiger charge is -2.19. The van der Waals surface area contributed by atoms with Gasteiger partial charge in [-0.05, 0) is 49.6 Å². The summed E-state index contributed by atoms with van der Waals surface area (Å²) < 4.78 is 11.5. The quantitative estimate of drug-likeness (QED) is 0.503. The van der Waals surface area contributed by atoms with Gasteiger partial charge in [-0.2, -0.15) is 0 Å². The van der Waals surface area contributed by atoms with E-state index in [1.54, 1.807) is 6.07 Å². The molecule has 6 heteroatoms. The first kappa shape index (κ1) is 18.6. The van der Waals surface area contributed by atoms with Crippen molar-refractivity contribution in [3.05, 3.63) is 47.4 Å². The minimum Gasteiger partial charge on any atom is -0.455 e. The van der Waals surface area contributed by atoms with Crippen LogP contribution in [-0.4, -0.2) is 28.9 Å². The number of aromatic nitrogens is 1. The van der Waals surface area contributed by atoms with Gasteiger partial charge in [-0.1, -0.05) is 31.7 Å². The van der Waals surface area contributed by atoms with Gasteiger partial charge in [-0.3, -0.25) is 4.79 Å². The lowest BCUT2D eigenvalue weighted by atomic mass is 10.2. The third-order valence-corrected chi connectivity index (χ3v) is 4.86. The molecule has 2 heterocycles. The van der Waals surface area contributed by atoms with Crippen molar-refractivity contribution >= 4 is 28.8 Å². The molecule has 0 N–H and O–H groups in total. The number of fused-ring (bicyclic) bond motifs is 1. The van der Waals surface area contributed by atoms with E-state index in [0.29, 0.717) is 16.7 Å². The molecule has 1 aromatic carbocycles. The molecular formula is C20H24N2O3S. The van der Waals surface area contributed by atoms with E-state index in [2.05, 4.69) is 18.8 Å². The van der Waals surface area contributed by atoms with Crippen LogP contribution in [0.4, 0.5) is 0 Å². The fraction of sp³-hybridized carbons (Fsp3) is 0.400. The lowest BCUT2D eigenvalue weighted by Crippen LogP contribution is -2.32. The number of hydrogen-bond acceptors (Lipinski definition) is 5. The predicted molar refractivity (Wildman–Crippen MR) is 104 cm³/mol. The van der Waals surface area contributed by atoms with Gasteiger partial charge in [0, 0.05) is 13.1 Å². The highest BCUT2D eigenvalue weighted by molar-refractivity contribution is 7.98. The zero-order valence-corrected chi connectivity index (χ0v) is 16.3. The van der Waals surface area contributed by atoms with Crippen LogP contribution in [0.3, 0.4) is 0 Å². The first-order chi connectivity index (χ1) is 12.6. The molecule has 0 bridgehead atoms. The topological polar surface area (TPSA) is 59.5 Å². The molecule has 5 nitrogen and oxygen atoms in total. The van der Waals surface area contributed by atoms with E-state index in [9.17, 15) is 4.79 Å². The fourth-order valence-corrected chi connectivity index (χ4v) is 3.52. The minimum absolute atomic E-state index is 0.0395. The summed E-state index contributed by atoms with van der Waals surface area (Å²) in [5.74, 6) is 1.67. The second-order valence-corrected chi connectivity index (χ2v) is 7.22. The van der Waals surface area contributed by atoms with Crippen LogP contribution in [0.2, 0.25) is 0 Å². The molecular weight excluding hydrogens is 348 g/mol. The number of thioether (sulfide) groups is 1. The van der Waals surface area contributed by atoms with Gasteiger partial charge in [0.1, 0.15) is 11.3 Å². The van der Waals surface area contributed by atoms with E-state index in [0.717, 1.165) is 48.4 Å². The Morgan fingerprint density at radius 1 is 1.12 bits per heavy atom. The summed E-state index contributed by atoms with van der Waals surface area (Å²) in [6, 6.07) is 9.55. The lowest BCUT2D eigenvalue weighted by molar-refractivity contribution is 0.0722. The summed E-state index contributed by atoms with van der Waals surface area (Å²) >= 11 is 1.46. The molecule has 26 heavy (non-hydrogen) atoms. The van der Waals surface area contributed by atoms with Crippen LogP contribution in [0.15, 0.2) is 44.4 Å². The van der Waals surface area contributed by atoms with Crippen molar-refractivity contribution < 1.29 is 13.6 Å². The Bertz CT molecular complexity index is 878. The average molecular weight is 372 g/mol. The first-order valence-electron chi connectivity index (χ1n) is 8.98. The third kappa shape index (κ3) is 4.30. The summed E-state index contributed by atoms with van der Waals surface area (Å²) in [5.41, 5.74) is 2.79. The molecule has 138 valence electrons. The van der Waals surface area contributed by atoms with Crippen molar-refractivity contribution in [3.8, 4) is 0 Å². The molecule has 0 aliphatic rings. The molecule has 0 saturated carbocycles. The molecule has 3 aromatic rings. The molecule has 0 saturated heterocycles. The van der Waals surface area contributed by atoms with Crippen LogP contribution in [0, 0.1) is 6.92 Å². The Morgan fingerprint density at radius 2 is 1.88 bits per heavy atom. The maximum Gasteiger partial charge on any atom is 0.289 e. The van der Waals surface area contributed by atoms with Crippen LogP contribution < -0.4 is 0 Å². The molecule has 0 atom stereocenters. The monoisotopic (exact) mass is 372 g/mol. The number of aryl methyl sites for hydroxylation is 1. The minimum atomic E-state index is -0.0395. The van der Waals surface area contributed by atoms with Gasteiger partial charge in [0.15, 0.2) is 11.3 Å². The zero-order valence-electron chi connectivity index (χ0n) is 15.4. The second-order valence-electron chi connectivity index (χ2n) is 6.30. The van der Waals surface area contributed by atoms with Crippen LogP contribution in [0.1, 0.15) is 48.6 Å². The number of carbonyl (C=O) groups excluding carboxylic acids is 1. The highest BCUT2D eigenvalue weighted by atomic mass is 32.2. The van der Waals surface area contributed by atoms with Crippen LogP contribution >= 0.6 is 11.8 Å². The number of nitrogens with zero attached hydrogens (tertiary/aromatic N) is 2. The molecule has 0 unspecified atom stereocenters. The maximum absolute atomic E-state index is 12.6. The van der Waals surface area contributed by atoms with E-state index in [1.807, 2.05) is 36.1 Å². The molecule has 0 aliphatic carbocycles. The number of furan rings is 1. The third-order valence-electron chi connectivity index (χ3n) is 4.01. The highest BCUT2D eigenvalue weighted by Crippen LogP contribution is 2.27. The van der Waals surface area contributed by atoms with Crippen molar-refractivity contribution in [2.45, 2.75) is 44.6 Å². The SMILES string of the molecule is CCCN(CCC)C(=O)c1ccc(CSc2nc3cc(C)ccc3o2)o1. The van der Waals surface area contributed by atoms with E-state index in [-0.39, 0.29) is 5.91 Å². The van der Waals surface area contributed by atoms with Crippen molar-refractivity contribution in [1.82, 2.24) is 9.88 Å². The van der Waals surface area contributed by atoms with Crippen LogP contribution in [0.25, 0.3) is 11.1 Å². The summed E-state index contributed by atoms with van der Waals surface area (Å²) in [6.07, 6.45) is 1.87. The van der Waals surface area contributed by atoms with Crippen molar-refractivity contribution in [3.63, 3.8) is 0 Å². The normalized spacial score (nSPS) is 11.2. The molecule has 0 fully saturated rings. The molecule has 0 aliphatic heterocycles. The molecule has 0 radical (unpaired) electrons. The predicted octanol–water partition coefficient (Wildman–Crippen LogP) is 5.28. The molecule has 0 spiro atoms. The number of amides is 1. The Hall–Kier alpha value is -2.21. The summed E-state index contributed by atoms with van der Waals surface area (Å²) in [7, 11) is 0. The zero-order chi connectivity index (χ0) is 18.5. The number of oxazole rings is 1.